The minimum atomic E-state index is 0.00393. The summed E-state index contributed by atoms with van der Waals surface area (Å²) < 4.78 is 5.27. The first kappa shape index (κ1) is 17.1. The van der Waals surface area contributed by atoms with Gasteiger partial charge in [0.2, 0.25) is 17.6 Å². The van der Waals surface area contributed by atoms with Crippen LogP contribution in [0.3, 0.4) is 0 Å². The van der Waals surface area contributed by atoms with E-state index in [0.29, 0.717) is 31.3 Å². The molecule has 1 amide bonds. The van der Waals surface area contributed by atoms with E-state index in [9.17, 15) is 4.79 Å². The third kappa shape index (κ3) is 5.17. The van der Waals surface area contributed by atoms with Gasteiger partial charge in [0, 0.05) is 12.1 Å². The first-order valence-electron chi connectivity index (χ1n) is 7.99. The van der Waals surface area contributed by atoms with E-state index < -0.39 is 0 Å². The molecule has 2 aromatic rings. The van der Waals surface area contributed by atoms with Crippen molar-refractivity contribution >= 4 is 5.91 Å². The molecule has 0 atom stereocenters. The summed E-state index contributed by atoms with van der Waals surface area (Å²) in [6.07, 6.45) is 1.93. The highest BCUT2D eigenvalue weighted by Crippen LogP contribution is 2.17. The molecule has 0 aliphatic heterocycles. The van der Waals surface area contributed by atoms with Crippen LogP contribution in [0, 0.1) is 0 Å². The van der Waals surface area contributed by atoms with E-state index in [1.54, 1.807) is 0 Å². The number of nitrogens with zero attached hydrogens (tertiary/aromatic N) is 3. The average molecular weight is 316 g/mol. The van der Waals surface area contributed by atoms with Crippen LogP contribution in [0.5, 0.6) is 0 Å². The van der Waals surface area contributed by atoms with Crippen molar-refractivity contribution in [2.75, 3.05) is 20.1 Å². The molecule has 1 heterocycles. The lowest BCUT2D eigenvalue weighted by Crippen LogP contribution is -2.35. The van der Waals surface area contributed by atoms with Crippen molar-refractivity contribution in [2.45, 2.75) is 33.2 Å². The fraction of sp³-hybridized carbons (Fsp3) is 0.471. The zero-order chi connectivity index (χ0) is 16.7. The van der Waals surface area contributed by atoms with E-state index in [4.69, 9.17) is 4.52 Å². The van der Waals surface area contributed by atoms with Gasteiger partial charge in [-0.15, -0.1) is 0 Å². The molecule has 0 saturated carbocycles. The van der Waals surface area contributed by atoms with Crippen molar-refractivity contribution in [3.05, 3.63) is 35.7 Å². The van der Waals surface area contributed by atoms with Gasteiger partial charge >= 0.3 is 0 Å². The molecule has 0 spiro atoms. The third-order valence-corrected chi connectivity index (χ3v) is 3.48. The molecule has 0 bridgehead atoms. The lowest BCUT2D eigenvalue weighted by Gasteiger charge is -2.13. The lowest BCUT2D eigenvalue weighted by atomic mass is 10.1. The molecule has 1 aromatic heterocycles. The van der Waals surface area contributed by atoms with Gasteiger partial charge in [-0.2, -0.15) is 4.98 Å². The number of carbonyl (C=O) groups excluding carboxylic acids is 1. The number of aryl methyl sites for hydroxylation is 1. The van der Waals surface area contributed by atoms with Crippen LogP contribution in [0.15, 0.2) is 28.8 Å². The van der Waals surface area contributed by atoms with Gasteiger partial charge in [-0.25, -0.2) is 0 Å². The van der Waals surface area contributed by atoms with Crippen LogP contribution in [0.2, 0.25) is 0 Å². The van der Waals surface area contributed by atoms with Crippen LogP contribution < -0.4 is 5.32 Å². The molecule has 124 valence electrons. The predicted octanol–water partition coefficient (Wildman–Crippen LogP) is 2.26. The molecule has 0 unspecified atom stereocenters. The van der Waals surface area contributed by atoms with Gasteiger partial charge in [-0.1, -0.05) is 43.3 Å². The summed E-state index contributed by atoms with van der Waals surface area (Å²) in [5, 5.41) is 6.85. The molecule has 0 fully saturated rings. The number of carbonyl (C=O) groups is 1. The van der Waals surface area contributed by atoms with E-state index in [0.717, 1.165) is 18.4 Å². The van der Waals surface area contributed by atoms with E-state index >= 15 is 0 Å². The summed E-state index contributed by atoms with van der Waals surface area (Å²) >= 11 is 0. The monoisotopic (exact) mass is 316 g/mol. The second-order valence-corrected chi connectivity index (χ2v) is 5.58. The number of hydrogen-bond donors (Lipinski definition) is 1. The smallest absolute Gasteiger partial charge is 0.241 e. The Balaban J connectivity index is 1.92. The van der Waals surface area contributed by atoms with Crippen LogP contribution in [0.25, 0.3) is 11.4 Å². The van der Waals surface area contributed by atoms with Gasteiger partial charge in [0.25, 0.3) is 0 Å². The predicted molar refractivity (Wildman–Crippen MR) is 88.7 cm³/mol. The number of amides is 1. The fourth-order valence-corrected chi connectivity index (χ4v) is 2.18. The summed E-state index contributed by atoms with van der Waals surface area (Å²) in [6, 6.07) is 8.12. The molecule has 1 aromatic carbocycles. The Labute approximate surface area is 136 Å². The van der Waals surface area contributed by atoms with Crippen molar-refractivity contribution in [3.63, 3.8) is 0 Å². The summed E-state index contributed by atoms with van der Waals surface area (Å²) in [4.78, 5) is 17.9. The van der Waals surface area contributed by atoms with E-state index in [1.165, 1.54) is 5.56 Å². The second kappa shape index (κ2) is 8.43. The second-order valence-electron chi connectivity index (χ2n) is 5.58. The third-order valence-electron chi connectivity index (χ3n) is 3.48. The maximum absolute atomic E-state index is 11.7. The molecule has 0 radical (unpaired) electrons. The quantitative estimate of drug-likeness (QED) is 0.809. The Hall–Kier alpha value is -2.21. The Kier molecular flexibility index (Phi) is 6.29. The molecular formula is C17H24N4O2. The number of likely N-dealkylation sites (N-methyl/N-ethyl adjacent to an activating group) is 1. The topological polar surface area (TPSA) is 71.3 Å². The lowest BCUT2D eigenvalue weighted by molar-refractivity contribution is -0.122. The van der Waals surface area contributed by atoms with Crippen LogP contribution in [0.1, 0.15) is 31.7 Å². The van der Waals surface area contributed by atoms with Gasteiger partial charge < -0.3 is 9.84 Å². The number of benzene rings is 1. The molecule has 0 saturated heterocycles. The van der Waals surface area contributed by atoms with Gasteiger partial charge in [-0.05, 0) is 25.5 Å². The minimum Gasteiger partial charge on any atom is -0.355 e. The standard InChI is InChI=1S/C17H24N4O2/c1-4-10-18-15(22)11-21(3)12-16-19-17(20-23-16)14-8-6-13(5-2)7-9-14/h6-9H,4-5,10-12H2,1-3H3,(H,18,22). The van der Waals surface area contributed by atoms with Crippen LogP contribution >= 0.6 is 0 Å². The fourth-order valence-electron chi connectivity index (χ4n) is 2.18. The molecule has 2 rings (SSSR count). The van der Waals surface area contributed by atoms with Gasteiger partial charge in [0.05, 0.1) is 13.1 Å². The van der Waals surface area contributed by atoms with Crippen LogP contribution in [-0.4, -0.2) is 41.1 Å². The Morgan fingerprint density at radius 3 is 2.65 bits per heavy atom. The SMILES string of the molecule is CCCNC(=O)CN(C)Cc1nc(-c2ccc(CC)cc2)no1. The zero-order valence-corrected chi connectivity index (χ0v) is 14.0. The first-order valence-corrected chi connectivity index (χ1v) is 7.99. The van der Waals surface area contributed by atoms with E-state index in [2.05, 4.69) is 34.5 Å². The van der Waals surface area contributed by atoms with Crippen molar-refractivity contribution in [1.29, 1.82) is 0 Å². The number of hydrogen-bond acceptors (Lipinski definition) is 5. The molecule has 0 aliphatic carbocycles. The van der Waals surface area contributed by atoms with Crippen molar-refractivity contribution < 1.29 is 9.32 Å². The van der Waals surface area contributed by atoms with Crippen molar-refractivity contribution in [3.8, 4) is 11.4 Å². The Morgan fingerprint density at radius 2 is 2.00 bits per heavy atom. The summed E-state index contributed by atoms with van der Waals surface area (Å²) in [5.41, 5.74) is 2.20. The molecule has 1 N–H and O–H groups in total. The maximum atomic E-state index is 11.7. The normalized spacial score (nSPS) is 11.0. The summed E-state index contributed by atoms with van der Waals surface area (Å²) in [5.74, 6) is 1.08. The zero-order valence-electron chi connectivity index (χ0n) is 14.0. The molecule has 6 nitrogen and oxygen atoms in total. The minimum absolute atomic E-state index is 0.00393. The first-order chi connectivity index (χ1) is 11.1. The maximum Gasteiger partial charge on any atom is 0.241 e. The Morgan fingerprint density at radius 1 is 1.26 bits per heavy atom. The van der Waals surface area contributed by atoms with Crippen LogP contribution in [0.4, 0.5) is 0 Å². The van der Waals surface area contributed by atoms with Gasteiger partial charge in [0.1, 0.15) is 0 Å². The number of rotatable bonds is 8. The summed E-state index contributed by atoms with van der Waals surface area (Å²) in [6.45, 7) is 5.60. The highest BCUT2D eigenvalue weighted by Gasteiger charge is 2.12. The molecule has 0 aliphatic rings. The molecule has 6 heteroatoms. The number of aromatic nitrogens is 2. The Bertz CT molecular complexity index is 622. The van der Waals surface area contributed by atoms with E-state index in [-0.39, 0.29) is 5.91 Å². The number of nitrogens with one attached hydrogen (secondary N) is 1. The molecular weight excluding hydrogens is 292 g/mol. The summed E-state index contributed by atoms with van der Waals surface area (Å²) in [7, 11) is 1.85. The average Bonchev–Trinajstić information content (AvgIpc) is 3.01. The van der Waals surface area contributed by atoms with E-state index in [1.807, 2.05) is 31.0 Å². The van der Waals surface area contributed by atoms with Crippen LogP contribution in [-0.2, 0) is 17.8 Å². The largest absolute Gasteiger partial charge is 0.355 e. The van der Waals surface area contributed by atoms with Gasteiger partial charge in [-0.3, -0.25) is 9.69 Å². The van der Waals surface area contributed by atoms with Crippen molar-refractivity contribution in [1.82, 2.24) is 20.4 Å². The highest BCUT2D eigenvalue weighted by molar-refractivity contribution is 5.77. The van der Waals surface area contributed by atoms with Crippen molar-refractivity contribution in [2.24, 2.45) is 0 Å². The molecule has 23 heavy (non-hydrogen) atoms. The highest BCUT2D eigenvalue weighted by atomic mass is 16.5. The van der Waals surface area contributed by atoms with Gasteiger partial charge in [0.15, 0.2) is 0 Å².